The Morgan fingerprint density at radius 3 is 1.14 bits per heavy atom. The Morgan fingerprint density at radius 2 is 0.682 bits per heavy atom. The van der Waals surface area contributed by atoms with Crippen LogP contribution in [0.3, 0.4) is 0 Å². The van der Waals surface area contributed by atoms with Gasteiger partial charge in [0.2, 0.25) is 0 Å². The summed E-state index contributed by atoms with van der Waals surface area (Å²) >= 11 is 0. The molecule has 0 N–H and O–H groups in total. The standard InChI is InChI=1S/C61H106O5/c1-4-7-10-13-16-19-22-25-28-29-30-31-32-35-38-41-44-47-50-53-56-64-57-59(66-61(63)55-52-49-46-43-40-37-34-27-24-21-18-15-12-9-6-3)58-65-60(62)54-51-48-45-42-39-36-33-26-23-20-17-14-11-8-5-2/h8,11,16-17,19-20,25-28,30-31,33-34,59H,4-7,9-10,12-15,18,21-24,29,32,35-58H2,1-3H3/b11-8-,19-16-,20-17-,28-25-,31-30-,33-26-,34-27-. The number of carbonyl (C=O) groups is 2. The van der Waals surface area contributed by atoms with Gasteiger partial charge in [0.1, 0.15) is 6.61 Å². The molecule has 0 aromatic heterocycles. The third-order valence-corrected chi connectivity index (χ3v) is 11.9. The summed E-state index contributed by atoms with van der Waals surface area (Å²) in [4.78, 5) is 25.5. The van der Waals surface area contributed by atoms with Crippen LogP contribution in [0.25, 0.3) is 0 Å². The van der Waals surface area contributed by atoms with Crippen LogP contribution in [0.1, 0.15) is 265 Å². The van der Waals surface area contributed by atoms with E-state index in [2.05, 4.69) is 106 Å². The van der Waals surface area contributed by atoms with Crippen molar-refractivity contribution in [3.05, 3.63) is 85.1 Å². The molecule has 66 heavy (non-hydrogen) atoms. The van der Waals surface area contributed by atoms with Crippen LogP contribution >= 0.6 is 0 Å². The highest BCUT2D eigenvalue weighted by molar-refractivity contribution is 5.70. The first kappa shape index (κ1) is 63.1. The fourth-order valence-corrected chi connectivity index (χ4v) is 7.70. The summed E-state index contributed by atoms with van der Waals surface area (Å²) in [6.07, 6.45) is 74.5. The minimum atomic E-state index is -0.557. The predicted octanol–water partition coefficient (Wildman–Crippen LogP) is 19.2. The molecule has 0 aliphatic carbocycles. The second-order valence-corrected chi connectivity index (χ2v) is 18.4. The summed E-state index contributed by atoms with van der Waals surface area (Å²) in [6, 6.07) is 0. The fraction of sp³-hybridized carbons (Fsp3) is 0.738. The van der Waals surface area contributed by atoms with Crippen LogP contribution < -0.4 is 0 Å². The molecule has 0 rings (SSSR count). The van der Waals surface area contributed by atoms with Crippen molar-refractivity contribution < 1.29 is 23.8 Å². The Hall–Kier alpha value is -2.92. The van der Waals surface area contributed by atoms with Gasteiger partial charge in [-0.1, -0.05) is 221 Å². The van der Waals surface area contributed by atoms with Crippen LogP contribution in [0.5, 0.6) is 0 Å². The van der Waals surface area contributed by atoms with E-state index >= 15 is 0 Å². The largest absolute Gasteiger partial charge is 0.462 e. The molecule has 0 aromatic rings. The lowest BCUT2D eigenvalue weighted by Crippen LogP contribution is -2.30. The minimum Gasteiger partial charge on any atom is -0.462 e. The SMILES string of the molecule is CC/C=C\C/C=C\C/C=C\CCCCCCCC(=O)OCC(COCCCCCCCCC/C=C\C/C=C\C/C=C\CCCCC)OC(=O)CCCCCCC/C=C\CCCCCCCC. The smallest absolute Gasteiger partial charge is 0.306 e. The predicted molar refractivity (Wildman–Crippen MR) is 288 cm³/mol. The molecule has 1 atom stereocenters. The number of carbonyl (C=O) groups excluding carboxylic acids is 2. The lowest BCUT2D eigenvalue weighted by Gasteiger charge is -2.18. The molecule has 0 heterocycles. The van der Waals surface area contributed by atoms with E-state index in [0.717, 1.165) is 96.3 Å². The maximum atomic E-state index is 12.8. The summed E-state index contributed by atoms with van der Waals surface area (Å²) in [6.45, 7) is 7.65. The molecule has 0 fully saturated rings. The third kappa shape index (κ3) is 53.7. The molecule has 0 aliphatic rings. The highest BCUT2D eigenvalue weighted by Crippen LogP contribution is 2.14. The van der Waals surface area contributed by atoms with Gasteiger partial charge in [-0.2, -0.15) is 0 Å². The van der Waals surface area contributed by atoms with Crippen molar-refractivity contribution in [1.29, 1.82) is 0 Å². The van der Waals surface area contributed by atoms with Crippen LogP contribution in [-0.2, 0) is 23.8 Å². The molecular weight excluding hydrogens is 813 g/mol. The first-order valence-corrected chi connectivity index (χ1v) is 28.1. The molecule has 5 nitrogen and oxygen atoms in total. The lowest BCUT2D eigenvalue weighted by atomic mass is 10.1. The topological polar surface area (TPSA) is 61.8 Å². The van der Waals surface area contributed by atoms with Gasteiger partial charge in [-0.15, -0.1) is 0 Å². The number of unbranched alkanes of at least 4 members (excludes halogenated alkanes) is 26. The van der Waals surface area contributed by atoms with Crippen LogP contribution in [0, 0.1) is 0 Å². The van der Waals surface area contributed by atoms with Gasteiger partial charge in [0.25, 0.3) is 0 Å². The summed E-state index contributed by atoms with van der Waals surface area (Å²) < 4.78 is 17.4. The molecule has 0 saturated heterocycles. The van der Waals surface area contributed by atoms with E-state index in [4.69, 9.17) is 14.2 Å². The lowest BCUT2D eigenvalue weighted by molar-refractivity contribution is -0.163. The summed E-state index contributed by atoms with van der Waals surface area (Å²) in [5.41, 5.74) is 0. The van der Waals surface area contributed by atoms with Gasteiger partial charge in [0, 0.05) is 19.4 Å². The molecule has 0 radical (unpaired) electrons. The highest BCUT2D eigenvalue weighted by Gasteiger charge is 2.17. The highest BCUT2D eigenvalue weighted by atomic mass is 16.6. The molecule has 0 aromatic carbocycles. The van der Waals surface area contributed by atoms with E-state index in [1.54, 1.807) is 0 Å². The molecule has 5 heteroatoms. The zero-order chi connectivity index (χ0) is 47.7. The average molecular weight is 920 g/mol. The Bertz CT molecular complexity index is 1220. The van der Waals surface area contributed by atoms with Crippen molar-refractivity contribution in [3.63, 3.8) is 0 Å². The number of esters is 2. The molecule has 0 bridgehead atoms. The monoisotopic (exact) mass is 919 g/mol. The number of rotatable bonds is 51. The quantitative estimate of drug-likeness (QED) is 0.0346. The van der Waals surface area contributed by atoms with Gasteiger partial charge in [-0.3, -0.25) is 9.59 Å². The van der Waals surface area contributed by atoms with Crippen molar-refractivity contribution in [2.75, 3.05) is 19.8 Å². The van der Waals surface area contributed by atoms with Gasteiger partial charge in [-0.25, -0.2) is 0 Å². The van der Waals surface area contributed by atoms with Crippen LogP contribution in [0.4, 0.5) is 0 Å². The Balaban J connectivity index is 4.32. The normalized spacial score (nSPS) is 12.8. The summed E-state index contributed by atoms with van der Waals surface area (Å²) in [5.74, 6) is -0.429. The molecule has 0 aliphatic heterocycles. The van der Waals surface area contributed by atoms with E-state index in [9.17, 15) is 9.59 Å². The molecule has 0 saturated carbocycles. The number of allylic oxidation sites excluding steroid dienone is 14. The first-order chi connectivity index (χ1) is 32.6. The molecule has 1 unspecified atom stereocenters. The van der Waals surface area contributed by atoms with E-state index in [1.165, 1.54) is 135 Å². The molecule has 380 valence electrons. The maximum Gasteiger partial charge on any atom is 0.306 e. The van der Waals surface area contributed by atoms with Crippen LogP contribution in [0.15, 0.2) is 85.1 Å². The summed E-state index contributed by atoms with van der Waals surface area (Å²) in [5, 5.41) is 0. The Labute approximate surface area is 409 Å². The van der Waals surface area contributed by atoms with Gasteiger partial charge >= 0.3 is 11.9 Å². The number of ether oxygens (including phenoxy) is 3. The van der Waals surface area contributed by atoms with Gasteiger partial charge < -0.3 is 14.2 Å². The Kier molecular flexibility index (Phi) is 53.9. The zero-order valence-electron chi connectivity index (χ0n) is 43.7. The second kappa shape index (κ2) is 56.4. The molecular formula is C61H106O5. The zero-order valence-corrected chi connectivity index (χ0v) is 43.7. The van der Waals surface area contributed by atoms with Crippen molar-refractivity contribution >= 4 is 11.9 Å². The first-order valence-electron chi connectivity index (χ1n) is 28.1. The van der Waals surface area contributed by atoms with E-state index in [-0.39, 0.29) is 25.2 Å². The minimum absolute atomic E-state index is 0.0661. The van der Waals surface area contributed by atoms with Crippen molar-refractivity contribution in [2.24, 2.45) is 0 Å². The van der Waals surface area contributed by atoms with E-state index in [1.807, 2.05) is 0 Å². The maximum absolute atomic E-state index is 12.8. The fourth-order valence-electron chi connectivity index (χ4n) is 7.70. The van der Waals surface area contributed by atoms with E-state index in [0.29, 0.717) is 19.4 Å². The van der Waals surface area contributed by atoms with Crippen molar-refractivity contribution in [1.82, 2.24) is 0 Å². The van der Waals surface area contributed by atoms with Gasteiger partial charge in [0.05, 0.1) is 6.61 Å². The van der Waals surface area contributed by atoms with E-state index < -0.39 is 6.10 Å². The summed E-state index contributed by atoms with van der Waals surface area (Å²) in [7, 11) is 0. The van der Waals surface area contributed by atoms with Gasteiger partial charge in [-0.05, 0) is 116 Å². The number of hydrogen-bond donors (Lipinski definition) is 0. The Morgan fingerprint density at radius 1 is 0.348 bits per heavy atom. The van der Waals surface area contributed by atoms with Crippen LogP contribution in [0.2, 0.25) is 0 Å². The number of hydrogen-bond acceptors (Lipinski definition) is 5. The van der Waals surface area contributed by atoms with Crippen LogP contribution in [-0.4, -0.2) is 37.9 Å². The average Bonchev–Trinajstić information content (AvgIpc) is 3.32. The van der Waals surface area contributed by atoms with Crippen molar-refractivity contribution in [2.45, 2.75) is 271 Å². The molecule has 0 spiro atoms. The molecule has 0 amide bonds. The van der Waals surface area contributed by atoms with Gasteiger partial charge in [0.15, 0.2) is 6.10 Å². The second-order valence-electron chi connectivity index (χ2n) is 18.4. The van der Waals surface area contributed by atoms with Crippen molar-refractivity contribution in [3.8, 4) is 0 Å². The third-order valence-electron chi connectivity index (χ3n) is 11.9.